The molecular formula is C12H27NO2P4. The van der Waals surface area contributed by atoms with Crippen molar-refractivity contribution in [3.05, 3.63) is 21.6 Å². The van der Waals surface area contributed by atoms with Gasteiger partial charge in [-0.25, -0.2) is 0 Å². The summed E-state index contributed by atoms with van der Waals surface area (Å²) >= 11 is 0. The summed E-state index contributed by atoms with van der Waals surface area (Å²) in [5.41, 5.74) is 2.60. The Morgan fingerprint density at radius 1 is 0.789 bits per heavy atom. The van der Waals surface area contributed by atoms with E-state index >= 15 is 0 Å². The van der Waals surface area contributed by atoms with Gasteiger partial charge in [0.15, 0.2) is 0 Å². The van der Waals surface area contributed by atoms with Crippen LogP contribution < -0.4 is 5.64 Å². The van der Waals surface area contributed by atoms with Crippen LogP contribution in [0.5, 0.6) is 0 Å². The minimum atomic E-state index is 0.890. The third-order valence-corrected chi connectivity index (χ3v) is 3.78. The van der Waals surface area contributed by atoms with Gasteiger partial charge >= 0.3 is 0 Å². The van der Waals surface area contributed by atoms with E-state index in [9.17, 15) is 0 Å². The predicted molar refractivity (Wildman–Crippen MR) is 97.2 cm³/mol. The molecule has 112 valence electrons. The fourth-order valence-corrected chi connectivity index (χ4v) is 2.12. The highest BCUT2D eigenvalue weighted by atomic mass is 31.1. The molecule has 7 heteroatoms. The molecule has 4 atom stereocenters. The van der Waals surface area contributed by atoms with Gasteiger partial charge in [0.2, 0.25) is 0 Å². The van der Waals surface area contributed by atoms with Gasteiger partial charge in [0.25, 0.3) is 0 Å². The van der Waals surface area contributed by atoms with Gasteiger partial charge < -0.3 is 9.68 Å². The van der Waals surface area contributed by atoms with Crippen molar-refractivity contribution in [3.8, 4) is 0 Å². The van der Waals surface area contributed by atoms with Gasteiger partial charge in [-0.2, -0.15) is 0 Å². The molecule has 0 aliphatic heterocycles. The Kier molecular flexibility index (Phi) is 13.0. The molecule has 0 aliphatic rings. The fraction of sp³-hybridized carbons (Fsp3) is 0.667. The Balaban J connectivity index is 4.23. The number of hydrogen-bond acceptors (Lipinski definition) is 3. The molecular weight excluding hydrogens is 314 g/mol. The SMILES string of the molecule is CCCCC(ONOC(CCCC)=C(P)P)=C(P)P. The predicted octanol–water partition coefficient (Wildman–Crippen LogP) is 4.66. The maximum absolute atomic E-state index is 5.48. The summed E-state index contributed by atoms with van der Waals surface area (Å²) in [6.45, 7) is 4.32. The van der Waals surface area contributed by atoms with E-state index in [2.05, 4.69) is 56.5 Å². The van der Waals surface area contributed by atoms with Crippen LogP contribution in [0.4, 0.5) is 0 Å². The molecule has 0 saturated heterocycles. The molecule has 0 radical (unpaired) electrons. The van der Waals surface area contributed by atoms with Crippen LogP contribution in [0.15, 0.2) is 21.6 Å². The maximum atomic E-state index is 5.48. The molecule has 1 N–H and O–H groups in total. The first-order chi connectivity index (χ1) is 9.02. The Morgan fingerprint density at radius 3 is 1.42 bits per heavy atom. The lowest BCUT2D eigenvalue weighted by Gasteiger charge is -2.15. The summed E-state index contributed by atoms with van der Waals surface area (Å²) in [5.74, 6) is 1.78. The molecule has 0 rings (SSSR count). The lowest BCUT2D eigenvalue weighted by atomic mass is 10.2. The van der Waals surface area contributed by atoms with Crippen LogP contribution in [0, 0.1) is 0 Å². The number of allylic oxidation sites excluding steroid dienone is 2. The molecule has 0 aliphatic carbocycles. The smallest absolute Gasteiger partial charge is 0.135 e. The van der Waals surface area contributed by atoms with Crippen molar-refractivity contribution in [1.82, 2.24) is 5.64 Å². The van der Waals surface area contributed by atoms with E-state index in [4.69, 9.17) is 9.68 Å². The average molecular weight is 341 g/mol. The summed E-state index contributed by atoms with van der Waals surface area (Å²) in [6.07, 6.45) is 6.27. The number of nitrogens with one attached hydrogen (secondary N) is 1. The van der Waals surface area contributed by atoms with Gasteiger partial charge in [0.05, 0.1) is 0 Å². The molecule has 0 fully saturated rings. The van der Waals surface area contributed by atoms with Crippen LogP contribution in [0.25, 0.3) is 0 Å². The van der Waals surface area contributed by atoms with Crippen LogP contribution in [0.3, 0.4) is 0 Å². The highest BCUT2D eigenvalue weighted by Gasteiger charge is 2.05. The maximum Gasteiger partial charge on any atom is 0.135 e. The monoisotopic (exact) mass is 341 g/mol. The molecule has 0 aromatic heterocycles. The van der Waals surface area contributed by atoms with Crippen molar-refractivity contribution in [2.24, 2.45) is 0 Å². The normalized spacial score (nSPS) is 10.0. The van der Waals surface area contributed by atoms with E-state index in [1.165, 1.54) is 0 Å². The molecule has 4 unspecified atom stereocenters. The van der Waals surface area contributed by atoms with E-state index in [1.807, 2.05) is 0 Å². The zero-order valence-corrected chi connectivity index (χ0v) is 16.5. The lowest BCUT2D eigenvalue weighted by Crippen LogP contribution is -2.15. The molecule has 3 nitrogen and oxygen atoms in total. The first kappa shape index (κ1) is 19.8. The second-order valence-corrected chi connectivity index (χ2v) is 8.07. The van der Waals surface area contributed by atoms with Crippen molar-refractivity contribution in [2.75, 3.05) is 0 Å². The fourth-order valence-electron chi connectivity index (χ4n) is 1.30. The summed E-state index contributed by atoms with van der Waals surface area (Å²) in [6, 6.07) is 0. The summed E-state index contributed by atoms with van der Waals surface area (Å²) in [5, 5.41) is 2.03. The van der Waals surface area contributed by atoms with E-state index < -0.39 is 0 Å². The molecule has 0 aromatic rings. The van der Waals surface area contributed by atoms with E-state index in [-0.39, 0.29) is 0 Å². The Hall–Kier alpha value is 0.760. The number of unbranched alkanes of at least 4 members (excludes halogenated alkanes) is 2. The quantitative estimate of drug-likeness (QED) is 0.356. The minimum absolute atomic E-state index is 0.890. The molecule has 0 spiro atoms. The molecule has 0 amide bonds. The Labute approximate surface area is 126 Å². The molecule has 0 aromatic carbocycles. The first-order valence-electron chi connectivity index (χ1n) is 6.59. The second-order valence-electron chi connectivity index (χ2n) is 4.25. The zero-order chi connectivity index (χ0) is 14.7. The van der Waals surface area contributed by atoms with E-state index in [1.54, 1.807) is 0 Å². The Morgan fingerprint density at radius 2 is 1.16 bits per heavy atom. The standard InChI is InChI=1S/C12H27NO2P4/c1-3-5-7-9(11(16)17)14-13-15-10(12(18)19)8-6-4-2/h13H,3-8,16-19H2,1-2H3. The topological polar surface area (TPSA) is 30.5 Å². The van der Waals surface area contributed by atoms with Gasteiger partial charge in [0, 0.05) is 28.6 Å². The van der Waals surface area contributed by atoms with Gasteiger partial charge in [-0.05, 0) is 12.8 Å². The third kappa shape index (κ3) is 10.2. The Bertz CT molecular complexity index is 281. The first-order valence-corrected chi connectivity index (χ1v) is 8.90. The van der Waals surface area contributed by atoms with Gasteiger partial charge in [0.1, 0.15) is 11.5 Å². The summed E-state index contributed by atoms with van der Waals surface area (Å²) in [4.78, 5) is 11.0. The average Bonchev–Trinajstić information content (AvgIpc) is 2.36. The molecule has 0 heterocycles. The van der Waals surface area contributed by atoms with E-state index in [0.29, 0.717) is 0 Å². The summed E-state index contributed by atoms with van der Waals surface area (Å²) < 4.78 is 0. The lowest BCUT2D eigenvalue weighted by molar-refractivity contribution is -0.118. The molecule has 19 heavy (non-hydrogen) atoms. The van der Waals surface area contributed by atoms with Crippen LogP contribution in [0.2, 0.25) is 0 Å². The molecule has 0 bridgehead atoms. The van der Waals surface area contributed by atoms with Gasteiger partial charge in [-0.1, -0.05) is 26.7 Å². The van der Waals surface area contributed by atoms with Crippen LogP contribution >= 0.6 is 37.0 Å². The van der Waals surface area contributed by atoms with Gasteiger partial charge in [-0.3, -0.25) is 0 Å². The van der Waals surface area contributed by atoms with Crippen LogP contribution in [-0.4, -0.2) is 0 Å². The van der Waals surface area contributed by atoms with Crippen molar-refractivity contribution >= 4 is 37.0 Å². The number of hydrogen-bond donors (Lipinski definition) is 1. The minimum Gasteiger partial charge on any atom is -0.377 e. The van der Waals surface area contributed by atoms with Crippen LogP contribution in [0.1, 0.15) is 52.4 Å². The largest absolute Gasteiger partial charge is 0.377 e. The third-order valence-electron chi connectivity index (χ3n) is 2.49. The van der Waals surface area contributed by atoms with E-state index in [0.717, 1.165) is 60.2 Å². The van der Waals surface area contributed by atoms with Crippen molar-refractivity contribution < 1.29 is 9.68 Å². The zero-order valence-electron chi connectivity index (χ0n) is 11.9. The highest BCUT2D eigenvalue weighted by Crippen LogP contribution is 2.26. The van der Waals surface area contributed by atoms with Crippen molar-refractivity contribution in [1.29, 1.82) is 0 Å². The van der Waals surface area contributed by atoms with Gasteiger partial charge in [-0.15, -0.1) is 37.0 Å². The van der Waals surface area contributed by atoms with Crippen molar-refractivity contribution in [3.63, 3.8) is 0 Å². The number of rotatable bonds is 10. The second kappa shape index (κ2) is 12.5. The van der Waals surface area contributed by atoms with Crippen LogP contribution in [-0.2, 0) is 9.68 Å². The highest BCUT2D eigenvalue weighted by molar-refractivity contribution is 7.45. The summed E-state index contributed by atoms with van der Waals surface area (Å²) in [7, 11) is 10.5. The molecule has 0 saturated carbocycles. The van der Waals surface area contributed by atoms with Crippen molar-refractivity contribution in [2.45, 2.75) is 52.4 Å².